The molecule has 0 amide bonds. The van der Waals surface area contributed by atoms with Crippen molar-refractivity contribution in [3.8, 4) is 0 Å². The summed E-state index contributed by atoms with van der Waals surface area (Å²) in [5, 5.41) is 0. The number of rotatable bonds is 7. The van der Waals surface area contributed by atoms with Crippen LogP contribution in [0.1, 0.15) is 60.3 Å². The molecule has 0 aliphatic rings. The second-order valence-electron chi connectivity index (χ2n) is 4.82. The topological polar surface area (TPSA) is 0 Å². The zero-order valence-corrected chi connectivity index (χ0v) is 10.7. The van der Waals surface area contributed by atoms with Crippen LogP contribution >= 0.6 is 0 Å². The van der Waals surface area contributed by atoms with Crippen molar-refractivity contribution in [1.82, 2.24) is 0 Å². The van der Waals surface area contributed by atoms with Crippen LogP contribution in [-0.4, -0.2) is 0 Å². The molecule has 0 spiro atoms. The van der Waals surface area contributed by atoms with Crippen LogP contribution in [0.2, 0.25) is 0 Å². The Morgan fingerprint density at radius 2 is 1.57 bits per heavy atom. The van der Waals surface area contributed by atoms with Gasteiger partial charge in [0.2, 0.25) is 0 Å². The molecule has 0 heterocycles. The lowest BCUT2D eigenvalue weighted by atomic mass is 9.85. The molecule has 0 bridgehead atoms. The van der Waals surface area contributed by atoms with E-state index in [1.807, 2.05) is 0 Å². The van der Waals surface area contributed by atoms with Crippen molar-refractivity contribution >= 4 is 0 Å². The summed E-state index contributed by atoms with van der Waals surface area (Å²) < 4.78 is 0. The first-order valence-corrected chi connectivity index (χ1v) is 6.26. The summed E-state index contributed by atoms with van der Waals surface area (Å²) in [5.74, 6) is 2.60. The highest BCUT2D eigenvalue weighted by Crippen LogP contribution is 2.24. The van der Waals surface area contributed by atoms with E-state index in [1.54, 1.807) is 0 Å². The maximum Gasteiger partial charge on any atom is -0.0322 e. The van der Waals surface area contributed by atoms with Crippen molar-refractivity contribution in [2.45, 2.75) is 60.3 Å². The Labute approximate surface area is 90.8 Å². The number of hydrogen-bond acceptors (Lipinski definition) is 0. The molecule has 0 rings (SSSR count). The minimum absolute atomic E-state index is 0.840. The molecule has 0 N–H and O–H groups in total. The number of hydrogen-bond donors (Lipinski definition) is 0. The van der Waals surface area contributed by atoms with Crippen LogP contribution < -0.4 is 0 Å². The normalized spacial score (nSPS) is 18.4. The molecule has 0 saturated carbocycles. The Morgan fingerprint density at radius 3 is 2.07 bits per heavy atom. The average molecular weight is 196 g/mol. The predicted molar refractivity (Wildman–Crippen MR) is 66.4 cm³/mol. The highest BCUT2D eigenvalue weighted by atomic mass is 14.2. The van der Waals surface area contributed by atoms with Gasteiger partial charge in [-0.1, -0.05) is 53.2 Å². The molecule has 0 aliphatic heterocycles. The quantitative estimate of drug-likeness (QED) is 0.500. The monoisotopic (exact) mass is 196 g/mol. The third-order valence-electron chi connectivity index (χ3n) is 3.35. The van der Waals surface area contributed by atoms with E-state index < -0.39 is 0 Å². The Kier molecular flexibility index (Phi) is 7.93. The third kappa shape index (κ3) is 6.23. The van der Waals surface area contributed by atoms with Gasteiger partial charge in [-0.25, -0.2) is 0 Å². The second-order valence-corrected chi connectivity index (χ2v) is 4.82. The Hall–Kier alpha value is -0.260. The number of allylic oxidation sites excluding steroid dienone is 2. The molecule has 0 radical (unpaired) electrons. The third-order valence-corrected chi connectivity index (χ3v) is 3.35. The SMILES string of the molecule is CCC=CCC(C)C(C)CC(C)CC. The first-order valence-electron chi connectivity index (χ1n) is 6.26. The van der Waals surface area contributed by atoms with Crippen molar-refractivity contribution in [1.29, 1.82) is 0 Å². The fraction of sp³-hybridized carbons (Fsp3) is 0.857. The maximum atomic E-state index is 2.40. The van der Waals surface area contributed by atoms with Gasteiger partial charge in [0.25, 0.3) is 0 Å². The van der Waals surface area contributed by atoms with Crippen LogP contribution in [0.25, 0.3) is 0 Å². The Balaban J connectivity index is 3.75. The van der Waals surface area contributed by atoms with Gasteiger partial charge in [0, 0.05) is 0 Å². The van der Waals surface area contributed by atoms with E-state index in [4.69, 9.17) is 0 Å². The molecule has 84 valence electrons. The molecule has 0 saturated heterocycles. The van der Waals surface area contributed by atoms with Crippen molar-refractivity contribution < 1.29 is 0 Å². The molecule has 3 atom stereocenters. The molecule has 14 heavy (non-hydrogen) atoms. The van der Waals surface area contributed by atoms with Crippen LogP contribution in [-0.2, 0) is 0 Å². The summed E-state index contributed by atoms with van der Waals surface area (Å²) in [7, 11) is 0. The fourth-order valence-electron chi connectivity index (χ4n) is 1.74. The first kappa shape index (κ1) is 13.7. The highest BCUT2D eigenvalue weighted by Gasteiger charge is 2.13. The van der Waals surface area contributed by atoms with Gasteiger partial charge >= 0.3 is 0 Å². The van der Waals surface area contributed by atoms with Gasteiger partial charge in [-0.3, -0.25) is 0 Å². The molecule has 3 unspecified atom stereocenters. The maximum absolute atomic E-state index is 2.40. The van der Waals surface area contributed by atoms with E-state index in [1.165, 1.54) is 25.7 Å². The summed E-state index contributed by atoms with van der Waals surface area (Å²) in [5.41, 5.74) is 0. The van der Waals surface area contributed by atoms with Crippen LogP contribution in [0.4, 0.5) is 0 Å². The summed E-state index contributed by atoms with van der Waals surface area (Å²) >= 11 is 0. The zero-order chi connectivity index (χ0) is 11.0. The molecular formula is C14H28. The molecule has 0 aromatic rings. The van der Waals surface area contributed by atoms with Gasteiger partial charge in [-0.15, -0.1) is 0 Å². The van der Waals surface area contributed by atoms with Gasteiger partial charge in [-0.2, -0.15) is 0 Å². The molecular weight excluding hydrogens is 168 g/mol. The van der Waals surface area contributed by atoms with Crippen LogP contribution in [0.15, 0.2) is 12.2 Å². The highest BCUT2D eigenvalue weighted by molar-refractivity contribution is 4.83. The largest absolute Gasteiger partial charge is 0.0888 e. The molecule has 0 fully saturated rings. The van der Waals surface area contributed by atoms with Gasteiger partial charge in [0.15, 0.2) is 0 Å². The standard InChI is InChI=1S/C14H28/c1-6-8-9-10-13(4)14(5)11-12(3)7-2/h8-9,12-14H,6-7,10-11H2,1-5H3. The molecule has 0 aromatic carbocycles. The lowest BCUT2D eigenvalue weighted by Crippen LogP contribution is -2.10. The lowest BCUT2D eigenvalue weighted by Gasteiger charge is -2.21. The van der Waals surface area contributed by atoms with Gasteiger partial charge in [0.1, 0.15) is 0 Å². The van der Waals surface area contributed by atoms with Gasteiger partial charge in [-0.05, 0) is 37.0 Å². The minimum Gasteiger partial charge on any atom is -0.0888 e. The van der Waals surface area contributed by atoms with E-state index in [2.05, 4.69) is 46.8 Å². The van der Waals surface area contributed by atoms with Crippen LogP contribution in [0, 0.1) is 17.8 Å². The van der Waals surface area contributed by atoms with Gasteiger partial charge < -0.3 is 0 Å². The summed E-state index contributed by atoms with van der Waals surface area (Å²) in [4.78, 5) is 0. The van der Waals surface area contributed by atoms with Crippen molar-refractivity contribution in [3.63, 3.8) is 0 Å². The summed E-state index contributed by atoms with van der Waals surface area (Å²) in [6.07, 6.45) is 9.77. The Bertz CT molecular complexity index is 146. The fourth-order valence-corrected chi connectivity index (χ4v) is 1.74. The van der Waals surface area contributed by atoms with E-state index in [0.29, 0.717) is 0 Å². The van der Waals surface area contributed by atoms with E-state index in [-0.39, 0.29) is 0 Å². The van der Waals surface area contributed by atoms with E-state index in [9.17, 15) is 0 Å². The van der Waals surface area contributed by atoms with Crippen LogP contribution in [0.3, 0.4) is 0 Å². The smallest absolute Gasteiger partial charge is 0.0322 e. The molecule has 0 aliphatic carbocycles. The van der Waals surface area contributed by atoms with Crippen molar-refractivity contribution in [2.75, 3.05) is 0 Å². The van der Waals surface area contributed by atoms with E-state index in [0.717, 1.165) is 17.8 Å². The van der Waals surface area contributed by atoms with E-state index >= 15 is 0 Å². The van der Waals surface area contributed by atoms with Crippen molar-refractivity contribution in [2.24, 2.45) is 17.8 Å². The average Bonchev–Trinajstić information content (AvgIpc) is 2.17. The summed E-state index contributed by atoms with van der Waals surface area (Å²) in [6, 6.07) is 0. The summed E-state index contributed by atoms with van der Waals surface area (Å²) in [6.45, 7) is 11.6. The zero-order valence-electron chi connectivity index (χ0n) is 10.7. The van der Waals surface area contributed by atoms with Gasteiger partial charge in [0.05, 0.1) is 0 Å². The first-order chi connectivity index (χ1) is 6.61. The second kappa shape index (κ2) is 8.08. The minimum atomic E-state index is 0.840. The lowest BCUT2D eigenvalue weighted by molar-refractivity contribution is 0.311. The molecule has 0 heteroatoms. The predicted octanol–water partition coefficient (Wildman–Crippen LogP) is 5.05. The van der Waals surface area contributed by atoms with Crippen molar-refractivity contribution in [3.05, 3.63) is 12.2 Å². The molecule has 0 aromatic heterocycles. The van der Waals surface area contributed by atoms with Crippen LogP contribution in [0.5, 0.6) is 0 Å². The Morgan fingerprint density at radius 1 is 0.929 bits per heavy atom. The molecule has 0 nitrogen and oxygen atoms in total.